The lowest BCUT2D eigenvalue weighted by atomic mass is 10.2. The minimum Gasteiger partial charge on any atom is -0.382 e. The van der Waals surface area contributed by atoms with E-state index in [0.717, 1.165) is 0 Å². The summed E-state index contributed by atoms with van der Waals surface area (Å²) >= 11 is 5.74. The van der Waals surface area contributed by atoms with Gasteiger partial charge in [0, 0.05) is 12.3 Å². The number of nitrogens with one attached hydrogen (secondary N) is 1. The smallest absolute Gasteiger partial charge is 0.258 e. The van der Waals surface area contributed by atoms with Crippen molar-refractivity contribution in [3.05, 3.63) is 35.2 Å². The SMILES string of the molecule is Nc1ncc(C(=O)Nc2ccon2)cc1Cl. The number of amides is 1. The summed E-state index contributed by atoms with van der Waals surface area (Å²) in [5.74, 6) is 0.112. The van der Waals surface area contributed by atoms with E-state index in [9.17, 15) is 4.79 Å². The number of hydrogen-bond acceptors (Lipinski definition) is 5. The zero-order chi connectivity index (χ0) is 11.5. The molecule has 1 amide bonds. The fraction of sp³-hybridized carbons (Fsp3) is 0. The molecule has 2 rings (SSSR count). The van der Waals surface area contributed by atoms with Gasteiger partial charge in [-0.05, 0) is 6.07 Å². The minimum atomic E-state index is -0.386. The van der Waals surface area contributed by atoms with E-state index in [1.54, 1.807) is 0 Å². The summed E-state index contributed by atoms with van der Waals surface area (Å²) < 4.78 is 4.57. The summed E-state index contributed by atoms with van der Waals surface area (Å²) in [6.07, 6.45) is 2.68. The van der Waals surface area contributed by atoms with Crippen LogP contribution >= 0.6 is 11.6 Å². The van der Waals surface area contributed by atoms with Crippen LogP contribution in [0.5, 0.6) is 0 Å². The molecule has 0 saturated heterocycles. The van der Waals surface area contributed by atoms with E-state index in [0.29, 0.717) is 11.4 Å². The zero-order valence-electron chi connectivity index (χ0n) is 7.98. The minimum absolute atomic E-state index is 0.180. The van der Waals surface area contributed by atoms with Crippen LogP contribution in [0, 0.1) is 0 Å². The lowest BCUT2D eigenvalue weighted by molar-refractivity contribution is 0.102. The van der Waals surface area contributed by atoms with E-state index >= 15 is 0 Å². The van der Waals surface area contributed by atoms with Gasteiger partial charge in [-0.25, -0.2) is 4.98 Å². The fourth-order valence-electron chi connectivity index (χ4n) is 1.04. The number of halogens is 1. The molecule has 16 heavy (non-hydrogen) atoms. The second-order valence-corrected chi connectivity index (χ2v) is 3.34. The standard InChI is InChI=1S/C9H7ClN4O2/c10-6-3-5(4-12-8(6)11)9(15)13-7-1-2-16-14-7/h1-4H,(H2,11,12)(H,13,14,15). The van der Waals surface area contributed by atoms with Gasteiger partial charge in [0.2, 0.25) is 0 Å². The van der Waals surface area contributed by atoms with Crippen molar-refractivity contribution in [3.8, 4) is 0 Å². The molecule has 2 heterocycles. The molecule has 3 N–H and O–H groups in total. The van der Waals surface area contributed by atoms with Gasteiger partial charge in [0.05, 0.1) is 10.6 Å². The molecular weight excluding hydrogens is 232 g/mol. The number of anilines is 2. The summed E-state index contributed by atoms with van der Waals surface area (Å²) in [4.78, 5) is 15.4. The third-order valence-electron chi connectivity index (χ3n) is 1.81. The molecule has 0 aliphatic heterocycles. The average Bonchev–Trinajstić information content (AvgIpc) is 2.74. The van der Waals surface area contributed by atoms with Gasteiger partial charge < -0.3 is 15.6 Å². The van der Waals surface area contributed by atoms with Crippen LogP contribution in [0.25, 0.3) is 0 Å². The van der Waals surface area contributed by atoms with Gasteiger partial charge in [-0.2, -0.15) is 0 Å². The maximum atomic E-state index is 11.6. The highest BCUT2D eigenvalue weighted by molar-refractivity contribution is 6.33. The molecule has 0 spiro atoms. The molecule has 0 aliphatic carbocycles. The molecule has 0 saturated carbocycles. The molecule has 6 nitrogen and oxygen atoms in total. The number of nitrogens with zero attached hydrogens (tertiary/aromatic N) is 2. The quantitative estimate of drug-likeness (QED) is 0.828. The molecule has 0 atom stereocenters. The van der Waals surface area contributed by atoms with Crippen molar-refractivity contribution in [1.29, 1.82) is 0 Å². The van der Waals surface area contributed by atoms with Crippen LogP contribution in [0.2, 0.25) is 5.02 Å². The number of carbonyl (C=O) groups is 1. The lowest BCUT2D eigenvalue weighted by Gasteiger charge is -2.02. The zero-order valence-corrected chi connectivity index (χ0v) is 8.73. The van der Waals surface area contributed by atoms with Gasteiger partial charge >= 0.3 is 0 Å². The molecule has 0 fully saturated rings. The van der Waals surface area contributed by atoms with Crippen molar-refractivity contribution in [2.75, 3.05) is 11.1 Å². The molecule has 0 bridgehead atoms. The number of nitrogen functional groups attached to an aromatic ring is 1. The van der Waals surface area contributed by atoms with Crippen LogP contribution in [0.1, 0.15) is 10.4 Å². The van der Waals surface area contributed by atoms with Crippen LogP contribution in [0.4, 0.5) is 11.6 Å². The van der Waals surface area contributed by atoms with E-state index in [1.807, 2.05) is 0 Å². The van der Waals surface area contributed by atoms with Crippen molar-refractivity contribution >= 4 is 29.1 Å². The highest BCUT2D eigenvalue weighted by Gasteiger charge is 2.10. The molecule has 2 aromatic rings. The predicted octanol–water partition coefficient (Wildman–Crippen LogP) is 1.56. The topological polar surface area (TPSA) is 94.0 Å². The van der Waals surface area contributed by atoms with Crippen LogP contribution in [-0.4, -0.2) is 16.0 Å². The summed E-state index contributed by atoms with van der Waals surface area (Å²) in [6, 6.07) is 2.95. The number of nitrogens with two attached hydrogens (primary N) is 1. The molecular formula is C9H7ClN4O2. The molecule has 0 aliphatic rings. The van der Waals surface area contributed by atoms with Crippen LogP contribution in [0.3, 0.4) is 0 Å². The molecule has 7 heteroatoms. The first-order valence-electron chi connectivity index (χ1n) is 4.29. The van der Waals surface area contributed by atoms with E-state index in [1.165, 1.54) is 24.6 Å². The third-order valence-corrected chi connectivity index (χ3v) is 2.11. The Hall–Kier alpha value is -2.08. The largest absolute Gasteiger partial charge is 0.382 e. The van der Waals surface area contributed by atoms with Crippen molar-refractivity contribution in [2.45, 2.75) is 0 Å². The maximum Gasteiger partial charge on any atom is 0.258 e. The Balaban J connectivity index is 2.18. The van der Waals surface area contributed by atoms with Crippen molar-refractivity contribution < 1.29 is 9.32 Å². The Morgan fingerprint density at radius 3 is 3.00 bits per heavy atom. The summed E-state index contributed by atoms with van der Waals surface area (Å²) in [6.45, 7) is 0. The lowest BCUT2D eigenvalue weighted by Crippen LogP contribution is -2.12. The van der Waals surface area contributed by atoms with Gasteiger partial charge in [0.25, 0.3) is 5.91 Å². The molecule has 0 unspecified atom stereocenters. The summed E-state index contributed by atoms with van der Waals surface area (Å²) in [7, 11) is 0. The van der Waals surface area contributed by atoms with Crippen molar-refractivity contribution in [3.63, 3.8) is 0 Å². The number of aromatic nitrogens is 2. The number of hydrogen-bond donors (Lipinski definition) is 2. The van der Waals surface area contributed by atoms with Gasteiger partial charge in [0.15, 0.2) is 5.82 Å². The van der Waals surface area contributed by atoms with Gasteiger partial charge in [-0.1, -0.05) is 16.8 Å². The van der Waals surface area contributed by atoms with E-state index < -0.39 is 0 Å². The number of carbonyl (C=O) groups excluding carboxylic acids is 1. The van der Waals surface area contributed by atoms with Crippen molar-refractivity contribution in [2.24, 2.45) is 0 Å². The third kappa shape index (κ3) is 2.12. The number of pyridine rings is 1. The Kier molecular flexibility index (Phi) is 2.74. The molecule has 82 valence electrons. The van der Waals surface area contributed by atoms with Gasteiger partial charge in [-0.15, -0.1) is 0 Å². The molecule has 0 aromatic carbocycles. The first-order chi connectivity index (χ1) is 7.66. The summed E-state index contributed by atoms with van der Waals surface area (Å²) in [5.41, 5.74) is 5.72. The van der Waals surface area contributed by atoms with E-state index in [2.05, 4.69) is 20.0 Å². The Bertz CT molecular complexity index is 512. The van der Waals surface area contributed by atoms with Gasteiger partial charge in [-0.3, -0.25) is 4.79 Å². The van der Waals surface area contributed by atoms with E-state index in [-0.39, 0.29) is 16.7 Å². The normalized spacial score (nSPS) is 10.1. The van der Waals surface area contributed by atoms with Crippen LogP contribution < -0.4 is 11.1 Å². The highest BCUT2D eigenvalue weighted by Crippen LogP contribution is 2.17. The monoisotopic (exact) mass is 238 g/mol. The first kappa shape index (κ1) is 10.4. The Labute approximate surface area is 95.4 Å². The van der Waals surface area contributed by atoms with Crippen LogP contribution in [0.15, 0.2) is 29.1 Å². The molecule has 2 aromatic heterocycles. The first-order valence-corrected chi connectivity index (χ1v) is 4.67. The molecule has 0 radical (unpaired) electrons. The van der Waals surface area contributed by atoms with E-state index in [4.69, 9.17) is 17.3 Å². The highest BCUT2D eigenvalue weighted by atomic mass is 35.5. The second kappa shape index (κ2) is 4.19. The van der Waals surface area contributed by atoms with Gasteiger partial charge in [0.1, 0.15) is 12.1 Å². The fourth-order valence-corrected chi connectivity index (χ4v) is 1.20. The second-order valence-electron chi connectivity index (χ2n) is 2.93. The Morgan fingerprint density at radius 2 is 2.38 bits per heavy atom. The predicted molar refractivity (Wildman–Crippen MR) is 58.1 cm³/mol. The number of rotatable bonds is 2. The van der Waals surface area contributed by atoms with Crippen LogP contribution in [-0.2, 0) is 0 Å². The average molecular weight is 239 g/mol. The van der Waals surface area contributed by atoms with Crippen molar-refractivity contribution in [1.82, 2.24) is 10.1 Å². The Morgan fingerprint density at radius 1 is 1.56 bits per heavy atom. The maximum absolute atomic E-state index is 11.6. The summed E-state index contributed by atoms with van der Waals surface area (Å²) in [5, 5.41) is 6.27.